The number of hydrogen-bond donors (Lipinski definition) is 1. The van der Waals surface area contributed by atoms with E-state index in [1.54, 1.807) is 12.1 Å². The monoisotopic (exact) mass is 247 g/mol. The molecule has 0 amide bonds. The Hall–Kier alpha value is -1.68. The van der Waals surface area contributed by atoms with Crippen LogP contribution < -0.4 is 5.32 Å². The second kappa shape index (κ2) is 3.92. The highest BCUT2D eigenvalue weighted by atomic mass is 19.1. The van der Waals surface area contributed by atoms with Gasteiger partial charge in [-0.1, -0.05) is 6.92 Å². The molecule has 1 saturated heterocycles. The number of ketones is 1. The van der Waals surface area contributed by atoms with Gasteiger partial charge in [0.15, 0.2) is 5.76 Å². The van der Waals surface area contributed by atoms with Crippen LogP contribution in [0, 0.1) is 11.2 Å². The molecule has 1 fully saturated rings. The van der Waals surface area contributed by atoms with Crippen molar-refractivity contribution in [1.82, 2.24) is 5.32 Å². The van der Waals surface area contributed by atoms with E-state index in [0.29, 0.717) is 23.3 Å². The van der Waals surface area contributed by atoms with Crippen molar-refractivity contribution in [2.45, 2.75) is 13.3 Å². The molecule has 1 aromatic carbocycles. The Morgan fingerprint density at radius 2 is 2.28 bits per heavy atom. The summed E-state index contributed by atoms with van der Waals surface area (Å²) in [7, 11) is 0. The molecular formula is C14H14FNO2. The molecule has 18 heavy (non-hydrogen) atoms. The summed E-state index contributed by atoms with van der Waals surface area (Å²) in [6, 6.07) is 5.89. The highest BCUT2D eigenvalue weighted by Crippen LogP contribution is 2.31. The number of carbonyl (C=O) groups is 1. The van der Waals surface area contributed by atoms with Crippen LogP contribution in [-0.2, 0) is 0 Å². The van der Waals surface area contributed by atoms with Crippen LogP contribution in [0.2, 0.25) is 0 Å². The summed E-state index contributed by atoms with van der Waals surface area (Å²) in [6.07, 6.45) is 0.803. The number of carbonyl (C=O) groups excluding carboxylic acids is 1. The minimum atomic E-state index is -0.410. The van der Waals surface area contributed by atoms with E-state index in [2.05, 4.69) is 5.32 Å². The van der Waals surface area contributed by atoms with E-state index in [0.717, 1.165) is 13.0 Å². The first-order valence-corrected chi connectivity index (χ1v) is 6.03. The van der Waals surface area contributed by atoms with Gasteiger partial charge in [-0.15, -0.1) is 0 Å². The summed E-state index contributed by atoms with van der Waals surface area (Å²) in [5, 5.41) is 3.82. The van der Waals surface area contributed by atoms with Gasteiger partial charge < -0.3 is 9.73 Å². The molecule has 1 aromatic heterocycles. The molecule has 1 aliphatic rings. The lowest BCUT2D eigenvalue weighted by Gasteiger charge is -2.18. The third-order valence-corrected chi connectivity index (χ3v) is 3.62. The minimum Gasteiger partial charge on any atom is -0.453 e. The SMILES string of the molecule is CC1(C(=O)c2cc3cc(F)ccc3o2)CCNC1. The molecule has 0 bridgehead atoms. The molecule has 1 atom stereocenters. The second-order valence-electron chi connectivity index (χ2n) is 5.11. The first-order chi connectivity index (χ1) is 8.58. The van der Waals surface area contributed by atoms with Crippen molar-refractivity contribution in [1.29, 1.82) is 0 Å². The number of rotatable bonds is 2. The molecular weight excluding hydrogens is 233 g/mol. The van der Waals surface area contributed by atoms with Crippen LogP contribution in [0.4, 0.5) is 4.39 Å². The molecule has 3 nitrogen and oxygen atoms in total. The largest absolute Gasteiger partial charge is 0.453 e. The van der Waals surface area contributed by atoms with E-state index in [1.165, 1.54) is 12.1 Å². The zero-order chi connectivity index (χ0) is 12.8. The first kappa shape index (κ1) is 11.4. The van der Waals surface area contributed by atoms with Crippen LogP contribution in [0.5, 0.6) is 0 Å². The third kappa shape index (κ3) is 1.73. The van der Waals surface area contributed by atoms with Crippen LogP contribution in [-0.4, -0.2) is 18.9 Å². The molecule has 0 radical (unpaired) electrons. The molecule has 0 aliphatic carbocycles. The van der Waals surface area contributed by atoms with Crippen molar-refractivity contribution in [3.63, 3.8) is 0 Å². The van der Waals surface area contributed by atoms with Crippen LogP contribution in [0.3, 0.4) is 0 Å². The molecule has 0 saturated carbocycles. The van der Waals surface area contributed by atoms with Gasteiger partial charge in [0, 0.05) is 17.3 Å². The molecule has 4 heteroatoms. The van der Waals surface area contributed by atoms with Crippen molar-refractivity contribution in [2.75, 3.05) is 13.1 Å². The van der Waals surface area contributed by atoms with Crippen LogP contribution in [0.15, 0.2) is 28.7 Å². The Labute approximate surface area is 104 Å². The zero-order valence-corrected chi connectivity index (χ0v) is 10.1. The van der Waals surface area contributed by atoms with Gasteiger partial charge in [-0.2, -0.15) is 0 Å². The second-order valence-corrected chi connectivity index (χ2v) is 5.11. The summed E-state index contributed by atoms with van der Waals surface area (Å²) in [5.74, 6) is -0.0121. The van der Waals surface area contributed by atoms with E-state index in [4.69, 9.17) is 4.42 Å². The Morgan fingerprint density at radius 3 is 3.00 bits per heavy atom. The summed E-state index contributed by atoms with van der Waals surface area (Å²) >= 11 is 0. The predicted octanol–water partition coefficient (Wildman–Crippen LogP) is 2.75. The number of fused-ring (bicyclic) bond motifs is 1. The van der Waals surface area contributed by atoms with E-state index >= 15 is 0 Å². The molecule has 1 unspecified atom stereocenters. The highest BCUT2D eigenvalue weighted by molar-refractivity contribution is 6.01. The molecule has 0 spiro atoms. The van der Waals surface area contributed by atoms with Crippen LogP contribution in [0.25, 0.3) is 11.0 Å². The summed E-state index contributed by atoms with van der Waals surface area (Å²) < 4.78 is 18.6. The highest BCUT2D eigenvalue weighted by Gasteiger charge is 2.38. The first-order valence-electron chi connectivity index (χ1n) is 6.03. The van der Waals surface area contributed by atoms with Gasteiger partial charge in [0.05, 0.1) is 0 Å². The zero-order valence-electron chi connectivity index (χ0n) is 10.1. The number of hydrogen-bond acceptors (Lipinski definition) is 3. The molecule has 1 N–H and O–H groups in total. The normalized spacial score (nSPS) is 23.7. The van der Waals surface area contributed by atoms with E-state index < -0.39 is 5.41 Å². The Bertz CT molecular complexity index is 611. The molecule has 2 heterocycles. The fraction of sp³-hybridized carbons (Fsp3) is 0.357. The average molecular weight is 247 g/mol. The Balaban J connectivity index is 2.01. The summed E-state index contributed by atoms with van der Waals surface area (Å²) in [5.41, 5.74) is 0.140. The van der Waals surface area contributed by atoms with E-state index in [9.17, 15) is 9.18 Å². The number of benzene rings is 1. The van der Waals surface area contributed by atoms with Crippen molar-refractivity contribution < 1.29 is 13.6 Å². The van der Waals surface area contributed by atoms with Crippen molar-refractivity contribution in [3.8, 4) is 0 Å². The number of furan rings is 1. The quantitative estimate of drug-likeness (QED) is 0.830. The van der Waals surface area contributed by atoms with Crippen molar-refractivity contribution >= 4 is 16.8 Å². The predicted molar refractivity (Wildman–Crippen MR) is 66.1 cm³/mol. The lowest BCUT2D eigenvalue weighted by Crippen LogP contribution is -2.29. The summed E-state index contributed by atoms with van der Waals surface area (Å²) in [6.45, 7) is 3.44. The third-order valence-electron chi connectivity index (χ3n) is 3.62. The number of nitrogens with one attached hydrogen (secondary N) is 1. The van der Waals surface area contributed by atoms with Crippen molar-refractivity contribution in [3.05, 3.63) is 35.8 Å². The maximum Gasteiger partial charge on any atom is 0.205 e. The van der Waals surface area contributed by atoms with E-state index in [-0.39, 0.29) is 11.6 Å². The van der Waals surface area contributed by atoms with Gasteiger partial charge in [-0.3, -0.25) is 4.79 Å². The van der Waals surface area contributed by atoms with Crippen LogP contribution >= 0.6 is 0 Å². The average Bonchev–Trinajstić information content (AvgIpc) is 2.94. The van der Waals surface area contributed by atoms with Gasteiger partial charge in [0.1, 0.15) is 11.4 Å². The van der Waals surface area contributed by atoms with Crippen LogP contribution in [0.1, 0.15) is 23.9 Å². The van der Waals surface area contributed by atoms with Gasteiger partial charge in [-0.05, 0) is 37.2 Å². The van der Waals surface area contributed by atoms with Gasteiger partial charge >= 0.3 is 0 Å². The maximum absolute atomic E-state index is 13.1. The van der Waals surface area contributed by atoms with Gasteiger partial charge in [0.2, 0.25) is 5.78 Å². The lowest BCUT2D eigenvalue weighted by atomic mass is 9.84. The van der Waals surface area contributed by atoms with Gasteiger partial charge in [-0.25, -0.2) is 4.39 Å². The number of Topliss-reactive ketones (excluding diaryl/α,β-unsaturated/α-hetero) is 1. The minimum absolute atomic E-state index is 0.0101. The van der Waals surface area contributed by atoms with Crippen molar-refractivity contribution in [2.24, 2.45) is 5.41 Å². The Kier molecular flexibility index (Phi) is 2.48. The standard InChI is InChI=1S/C14H14FNO2/c1-14(4-5-16-8-14)13(17)12-7-9-6-10(15)2-3-11(9)18-12/h2-3,6-7,16H,4-5,8H2,1H3. The fourth-order valence-electron chi connectivity index (χ4n) is 2.43. The smallest absolute Gasteiger partial charge is 0.205 e. The molecule has 3 rings (SSSR count). The fourth-order valence-corrected chi connectivity index (χ4v) is 2.43. The van der Waals surface area contributed by atoms with E-state index in [1.807, 2.05) is 6.92 Å². The maximum atomic E-state index is 13.1. The molecule has 94 valence electrons. The topological polar surface area (TPSA) is 42.2 Å². The summed E-state index contributed by atoms with van der Waals surface area (Å²) in [4.78, 5) is 12.4. The molecule has 2 aromatic rings. The van der Waals surface area contributed by atoms with Gasteiger partial charge in [0.25, 0.3) is 0 Å². The molecule has 1 aliphatic heterocycles. The Morgan fingerprint density at radius 1 is 1.44 bits per heavy atom. The lowest BCUT2D eigenvalue weighted by molar-refractivity contribution is 0.0811. The number of halogens is 1.